The van der Waals surface area contributed by atoms with Gasteiger partial charge in [-0.15, -0.1) is 5.10 Å². The van der Waals surface area contributed by atoms with Gasteiger partial charge in [0.25, 0.3) is 0 Å². The van der Waals surface area contributed by atoms with Crippen molar-refractivity contribution in [3.8, 4) is 5.69 Å². The molecule has 2 aromatic carbocycles. The van der Waals surface area contributed by atoms with E-state index in [0.29, 0.717) is 5.69 Å². The Morgan fingerprint density at radius 3 is 2.22 bits per heavy atom. The van der Waals surface area contributed by atoms with E-state index in [4.69, 9.17) is 9.47 Å². The minimum Gasteiger partial charge on any atom is -0.458 e. The van der Waals surface area contributed by atoms with Gasteiger partial charge in [-0.2, -0.15) is 0 Å². The number of hydrogen-bond acceptors (Lipinski definition) is 6. The SMILES string of the molecule is CC(C)OC(=O)c1nnn(-c2cccc3ccccc23)c1C(=O)OC(C)C. The minimum absolute atomic E-state index is 0.0503. The van der Waals surface area contributed by atoms with E-state index in [0.717, 1.165) is 10.8 Å². The molecule has 140 valence electrons. The van der Waals surface area contributed by atoms with Crippen LogP contribution in [0, 0.1) is 0 Å². The Balaban J connectivity index is 2.19. The van der Waals surface area contributed by atoms with Crippen LogP contribution in [0.15, 0.2) is 42.5 Å². The van der Waals surface area contributed by atoms with E-state index in [1.807, 2.05) is 36.4 Å². The largest absolute Gasteiger partial charge is 0.458 e. The lowest BCUT2D eigenvalue weighted by molar-refractivity contribution is 0.0318. The number of carbonyl (C=O) groups excluding carboxylic acids is 2. The zero-order chi connectivity index (χ0) is 19.6. The van der Waals surface area contributed by atoms with Gasteiger partial charge in [0.1, 0.15) is 0 Å². The minimum atomic E-state index is -0.716. The van der Waals surface area contributed by atoms with Gasteiger partial charge in [-0.25, -0.2) is 14.3 Å². The molecule has 0 amide bonds. The van der Waals surface area contributed by atoms with E-state index < -0.39 is 11.9 Å². The number of esters is 2. The molecule has 0 saturated carbocycles. The van der Waals surface area contributed by atoms with Crippen LogP contribution < -0.4 is 0 Å². The summed E-state index contributed by atoms with van der Waals surface area (Å²) in [4.78, 5) is 25.2. The van der Waals surface area contributed by atoms with Crippen molar-refractivity contribution in [1.29, 1.82) is 0 Å². The molecular formula is C20H21N3O4. The predicted octanol–water partition coefficient (Wildman–Crippen LogP) is 3.55. The number of carbonyl (C=O) groups is 2. The van der Waals surface area contributed by atoms with Crippen LogP contribution in [0.2, 0.25) is 0 Å². The number of nitrogens with zero attached hydrogens (tertiary/aromatic N) is 3. The summed E-state index contributed by atoms with van der Waals surface area (Å²) in [6, 6.07) is 13.3. The van der Waals surface area contributed by atoms with Crippen LogP contribution in [-0.4, -0.2) is 39.1 Å². The molecule has 1 heterocycles. The number of rotatable bonds is 5. The lowest BCUT2D eigenvalue weighted by atomic mass is 10.1. The van der Waals surface area contributed by atoms with Gasteiger partial charge in [0.15, 0.2) is 5.69 Å². The molecule has 0 unspecified atom stereocenters. The molecule has 0 aliphatic carbocycles. The van der Waals surface area contributed by atoms with Crippen LogP contribution in [0.1, 0.15) is 48.7 Å². The number of ether oxygens (including phenoxy) is 2. The lowest BCUT2D eigenvalue weighted by Gasteiger charge is -2.12. The molecule has 0 atom stereocenters. The highest BCUT2D eigenvalue weighted by atomic mass is 16.5. The van der Waals surface area contributed by atoms with Crippen molar-refractivity contribution in [3.05, 3.63) is 53.9 Å². The van der Waals surface area contributed by atoms with E-state index in [9.17, 15) is 9.59 Å². The first kappa shape index (κ1) is 18.6. The van der Waals surface area contributed by atoms with E-state index in [1.54, 1.807) is 33.8 Å². The second-order valence-corrected chi connectivity index (χ2v) is 6.60. The smallest absolute Gasteiger partial charge is 0.361 e. The quantitative estimate of drug-likeness (QED) is 0.641. The molecule has 1 aromatic heterocycles. The summed E-state index contributed by atoms with van der Waals surface area (Å²) in [5, 5.41) is 9.82. The fraction of sp³-hybridized carbons (Fsp3) is 0.300. The summed E-state index contributed by atoms with van der Waals surface area (Å²) in [6.07, 6.45) is -0.712. The van der Waals surface area contributed by atoms with Gasteiger partial charge in [-0.1, -0.05) is 41.6 Å². The number of fused-ring (bicyclic) bond motifs is 1. The first-order valence-corrected chi connectivity index (χ1v) is 8.74. The van der Waals surface area contributed by atoms with Crippen LogP contribution in [-0.2, 0) is 9.47 Å². The molecule has 7 heteroatoms. The summed E-state index contributed by atoms with van der Waals surface area (Å²) in [5.41, 5.74) is 0.410. The molecule has 3 aromatic rings. The molecule has 0 N–H and O–H groups in total. The fourth-order valence-corrected chi connectivity index (χ4v) is 2.70. The second-order valence-electron chi connectivity index (χ2n) is 6.60. The monoisotopic (exact) mass is 367 g/mol. The van der Waals surface area contributed by atoms with E-state index in [2.05, 4.69) is 10.3 Å². The Hall–Kier alpha value is -3.22. The Labute approximate surface area is 156 Å². The van der Waals surface area contributed by atoms with E-state index in [-0.39, 0.29) is 23.6 Å². The molecular weight excluding hydrogens is 346 g/mol. The van der Waals surface area contributed by atoms with Crippen molar-refractivity contribution in [1.82, 2.24) is 15.0 Å². The molecule has 0 radical (unpaired) electrons. The summed E-state index contributed by atoms with van der Waals surface area (Å²) in [5.74, 6) is -1.40. The van der Waals surface area contributed by atoms with Crippen molar-refractivity contribution in [2.75, 3.05) is 0 Å². The van der Waals surface area contributed by atoms with E-state index >= 15 is 0 Å². The van der Waals surface area contributed by atoms with Crippen molar-refractivity contribution in [2.24, 2.45) is 0 Å². The van der Waals surface area contributed by atoms with Crippen molar-refractivity contribution in [2.45, 2.75) is 39.9 Å². The topological polar surface area (TPSA) is 83.3 Å². The molecule has 0 fully saturated rings. The first-order valence-electron chi connectivity index (χ1n) is 8.74. The Kier molecular flexibility index (Phi) is 5.21. The molecule has 0 aliphatic rings. The number of benzene rings is 2. The Morgan fingerprint density at radius 1 is 0.889 bits per heavy atom. The third-order valence-electron chi connectivity index (χ3n) is 3.74. The third-order valence-corrected chi connectivity index (χ3v) is 3.74. The molecule has 0 aliphatic heterocycles. The maximum Gasteiger partial charge on any atom is 0.361 e. The average Bonchev–Trinajstić information content (AvgIpc) is 3.05. The predicted molar refractivity (Wildman–Crippen MR) is 100.0 cm³/mol. The lowest BCUT2D eigenvalue weighted by Crippen LogP contribution is -2.21. The molecule has 0 saturated heterocycles. The van der Waals surface area contributed by atoms with Crippen molar-refractivity contribution >= 4 is 22.7 Å². The standard InChI is InChI=1S/C20H21N3O4/c1-12(2)26-19(24)17-18(20(25)27-13(3)4)23(22-21-17)16-11-7-9-14-8-5-6-10-15(14)16/h5-13H,1-4H3. The number of aromatic nitrogens is 3. The maximum atomic E-state index is 12.7. The first-order chi connectivity index (χ1) is 12.9. The van der Waals surface area contributed by atoms with Gasteiger partial charge >= 0.3 is 11.9 Å². The summed E-state index contributed by atoms with van der Waals surface area (Å²) < 4.78 is 11.9. The molecule has 27 heavy (non-hydrogen) atoms. The van der Waals surface area contributed by atoms with Crippen molar-refractivity contribution < 1.29 is 19.1 Å². The van der Waals surface area contributed by atoms with E-state index in [1.165, 1.54) is 4.68 Å². The van der Waals surface area contributed by atoms with Gasteiger partial charge in [-0.05, 0) is 39.1 Å². The highest BCUT2D eigenvalue weighted by molar-refractivity contribution is 6.01. The third kappa shape index (κ3) is 3.81. The van der Waals surface area contributed by atoms with Crippen molar-refractivity contribution in [3.63, 3.8) is 0 Å². The highest BCUT2D eigenvalue weighted by Gasteiger charge is 2.30. The fourth-order valence-electron chi connectivity index (χ4n) is 2.70. The highest BCUT2D eigenvalue weighted by Crippen LogP contribution is 2.24. The molecule has 0 bridgehead atoms. The normalized spacial score (nSPS) is 11.2. The van der Waals surface area contributed by atoms with Gasteiger partial charge < -0.3 is 9.47 Å². The maximum absolute atomic E-state index is 12.7. The second kappa shape index (κ2) is 7.57. The molecule has 0 spiro atoms. The molecule has 3 rings (SSSR count). The number of hydrogen-bond donors (Lipinski definition) is 0. The average molecular weight is 367 g/mol. The van der Waals surface area contributed by atoms with Gasteiger partial charge in [0.2, 0.25) is 5.69 Å². The van der Waals surface area contributed by atoms with Crippen LogP contribution in [0.3, 0.4) is 0 Å². The van der Waals surface area contributed by atoms with Crippen LogP contribution in [0.5, 0.6) is 0 Å². The summed E-state index contributed by atoms with van der Waals surface area (Å²) in [6.45, 7) is 6.91. The van der Waals surface area contributed by atoms with Gasteiger partial charge in [0.05, 0.1) is 17.9 Å². The van der Waals surface area contributed by atoms with Crippen LogP contribution in [0.25, 0.3) is 16.5 Å². The van der Waals surface area contributed by atoms with Gasteiger partial charge in [-0.3, -0.25) is 0 Å². The van der Waals surface area contributed by atoms with Crippen LogP contribution >= 0.6 is 0 Å². The Bertz CT molecular complexity index is 987. The summed E-state index contributed by atoms with van der Waals surface area (Å²) >= 11 is 0. The zero-order valence-corrected chi connectivity index (χ0v) is 15.7. The van der Waals surface area contributed by atoms with Crippen LogP contribution in [0.4, 0.5) is 0 Å². The van der Waals surface area contributed by atoms with Gasteiger partial charge in [0, 0.05) is 5.39 Å². The Morgan fingerprint density at radius 2 is 1.52 bits per heavy atom. The summed E-state index contributed by atoms with van der Waals surface area (Å²) in [7, 11) is 0. The zero-order valence-electron chi connectivity index (χ0n) is 15.7. The molecule has 7 nitrogen and oxygen atoms in total.